The Morgan fingerprint density at radius 3 is 2.28 bits per heavy atom. The molecule has 1 nitrogen and oxygen atoms in total. The van der Waals surface area contributed by atoms with Crippen molar-refractivity contribution in [2.24, 2.45) is 0 Å². The van der Waals surface area contributed by atoms with Gasteiger partial charge < -0.3 is 0 Å². The Kier molecular flexibility index (Phi) is 3.79. The molecule has 1 heteroatoms. The fourth-order valence-corrected chi connectivity index (χ4v) is 2.20. The summed E-state index contributed by atoms with van der Waals surface area (Å²) in [6.07, 6.45) is 0.779. The summed E-state index contributed by atoms with van der Waals surface area (Å²) in [6, 6.07) is 19.0. The Hall–Kier alpha value is -2.07. The van der Waals surface area contributed by atoms with Gasteiger partial charge in [-0.05, 0) is 31.4 Å². The maximum absolute atomic E-state index is 9.35. The largest absolute Gasteiger partial charge is 0.198 e. The molecule has 0 bridgehead atoms. The van der Waals surface area contributed by atoms with Crippen molar-refractivity contribution in [1.82, 2.24) is 0 Å². The lowest BCUT2D eigenvalue weighted by molar-refractivity contribution is 0.847. The second-order valence-corrected chi connectivity index (χ2v) is 4.79. The first-order chi connectivity index (χ1) is 8.69. The Balaban J connectivity index is 2.23. The van der Waals surface area contributed by atoms with Crippen molar-refractivity contribution in [3.63, 3.8) is 0 Å². The fourth-order valence-electron chi connectivity index (χ4n) is 2.20. The number of aryl methyl sites for hydroxylation is 2. The number of nitrogens with zero attached hydrogens (tertiary/aromatic N) is 1. The van der Waals surface area contributed by atoms with Gasteiger partial charge in [0.2, 0.25) is 0 Å². The van der Waals surface area contributed by atoms with E-state index in [2.05, 4.69) is 56.3 Å². The molecule has 18 heavy (non-hydrogen) atoms. The summed E-state index contributed by atoms with van der Waals surface area (Å²) in [4.78, 5) is 0. The van der Waals surface area contributed by atoms with E-state index in [4.69, 9.17) is 0 Å². The van der Waals surface area contributed by atoms with Crippen molar-refractivity contribution in [3.8, 4) is 6.07 Å². The zero-order valence-corrected chi connectivity index (χ0v) is 10.9. The van der Waals surface area contributed by atoms with Crippen molar-refractivity contribution in [2.45, 2.75) is 26.2 Å². The number of hydrogen-bond donors (Lipinski definition) is 0. The van der Waals surface area contributed by atoms with Crippen LogP contribution in [-0.4, -0.2) is 0 Å². The zero-order valence-electron chi connectivity index (χ0n) is 10.9. The van der Waals surface area contributed by atoms with E-state index >= 15 is 0 Å². The molecule has 0 saturated heterocycles. The third-order valence-electron chi connectivity index (χ3n) is 3.12. The Morgan fingerprint density at radius 2 is 1.67 bits per heavy atom. The Labute approximate surface area is 109 Å². The van der Waals surface area contributed by atoms with Crippen LogP contribution >= 0.6 is 0 Å². The van der Waals surface area contributed by atoms with Crippen molar-refractivity contribution in [3.05, 3.63) is 70.8 Å². The SMILES string of the molecule is Cc1cccc(CC(C#N)c2cccc(C)c2)c1. The monoisotopic (exact) mass is 235 g/mol. The quantitative estimate of drug-likeness (QED) is 0.784. The minimum atomic E-state index is -0.0632. The average Bonchev–Trinajstić information content (AvgIpc) is 2.36. The molecule has 0 saturated carbocycles. The highest BCUT2D eigenvalue weighted by Crippen LogP contribution is 2.21. The average molecular weight is 235 g/mol. The molecule has 2 aromatic carbocycles. The third kappa shape index (κ3) is 2.99. The molecule has 0 aliphatic heterocycles. The van der Waals surface area contributed by atoms with E-state index in [1.165, 1.54) is 16.7 Å². The van der Waals surface area contributed by atoms with Gasteiger partial charge in [0.15, 0.2) is 0 Å². The minimum absolute atomic E-state index is 0.0632. The molecule has 1 unspecified atom stereocenters. The second-order valence-electron chi connectivity index (χ2n) is 4.79. The molecule has 90 valence electrons. The molecule has 0 heterocycles. The van der Waals surface area contributed by atoms with Crippen LogP contribution in [0.15, 0.2) is 48.5 Å². The topological polar surface area (TPSA) is 23.8 Å². The molecule has 1 atom stereocenters. The van der Waals surface area contributed by atoms with Crippen molar-refractivity contribution in [1.29, 1.82) is 5.26 Å². The van der Waals surface area contributed by atoms with Gasteiger partial charge in [-0.2, -0.15) is 5.26 Å². The lowest BCUT2D eigenvalue weighted by Gasteiger charge is -2.10. The van der Waals surface area contributed by atoms with E-state index in [-0.39, 0.29) is 5.92 Å². The predicted octanol–water partition coefficient (Wildman–Crippen LogP) is 4.15. The summed E-state index contributed by atoms with van der Waals surface area (Å²) < 4.78 is 0. The molecule has 0 aromatic heterocycles. The smallest absolute Gasteiger partial charge is 0.0753 e. The summed E-state index contributed by atoms with van der Waals surface area (Å²) in [6.45, 7) is 4.14. The Morgan fingerprint density at radius 1 is 1.00 bits per heavy atom. The van der Waals surface area contributed by atoms with Crippen LogP contribution in [0.2, 0.25) is 0 Å². The molecule has 2 rings (SSSR count). The van der Waals surface area contributed by atoms with E-state index in [1.54, 1.807) is 0 Å². The molecule has 0 aliphatic rings. The molecule has 0 spiro atoms. The van der Waals surface area contributed by atoms with Crippen LogP contribution in [-0.2, 0) is 6.42 Å². The van der Waals surface area contributed by atoms with E-state index < -0.39 is 0 Å². The van der Waals surface area contributed by atoms with Crippen LogP contribution in [0.4, 0.5) is 0 Å². The van der Waals surface area contributed by atoms with Gasteiger partial charge in [0, 0.05) is 0 Å². The van der Waals surface area contributed by atoms with Crippen LogP contribution < -0.4 is 0 Å². The van der Waals surface area contributed by atoms with Gasteiger partial charge >= 0.3 is 0 Å². The van der Waals surface area contributed by atoms with Gasteiger partial charge in [0.1, 0.15) is 0 Å². The number of hydrogen-bond acceptors (Lipinski definition) is 1. The van der Waals surface area contributed by atoms with E-state index in [0.29, 0.717) is 0 Å². The molecule has 0 radical (unpaired) electrons. The molecular formula is C17H17N. The second kappa shape index (κ2) is 5.51. The first-order valence-corrected chi connectivity index (χ1v) is 6.21. The lowest BCUT2D eigenvalue weighted by atomic mass is 9.92. The van der Waals surface area contributed by atoms with Gasteiger partial charge in [-0.1, -0.05) is 59.7 Å². The summed E-state index contributed by atoms with van der Waals surface area (Å²) in [5.74, 6) is -0.0632. The number of benzene rings is 2. The van der Waals surface area contributed by atoms with E-state index in [0.717, 1.165) is 12.0 Å². The van der Waals surface area contributed by atoms with E-state index in [9.17, 15) is 5.26 Å². The van der Waals surface area contributed by atoms with Gasteiger partial charge in [0.05, 0.1) is 12.0 Å². The van der Waals surface area contributed by atoms with Crippen molar-refractivity contribution < 1.29 is 0 Å². The highest BCUT2D eigenvalue weighted by Gasteiger charge is 2.11. The molecule has 2 aromatic rings. The maximum atomic E-state index is 9.35. The standard InChI is InChI=1S/C17H17N/c1-13-5-3-7-15(9-13)11-17(12-18)16-8-4-6-14(2)10-16/h3-10,17H,11H2,1-2H3. The Bertz CT molecular complexity index is 578. The van der Waals surface area contributed by atoms with Crippen LogP contribution in [0.1, 0.15) is 28.2 Å². The normalized spacial score (nSPS) is 11.8. The number of nitriles is 1. The van der Waals surface area contributed by atoms with Gasteiger partial charge in [-0.3, -0.25) is 0 Å². The van der Waals surface area contributed by atoms with Crippen LogP contribution in [0.5, 0.6) is 0 Å². The molecule has 0 N–H and O–H groups in total. The zero-order chi connectivity index (χ0) is 13.0. The van der Waals surface area contributed by atoms with Gasteiger partial charge in [-0.25, -0.2) is 0 Å². The third-order valence-corrected chi connectivity index (χ3v) is 3.12. The lowest BCUT2D eigenvalue weighted by Crippen LogP contribution is -2.01. The minimum Gasteiger partial charge on any atom is -0.198 e. The van der Waals surface area contributed by atoms with Crippen LogP contribution in [0.25, 0.3) is 0 Å². The van der Waals surface area contributed by atoms with Crippen molar-refractivity contribution >= 4 is 0 Å². The summed E-state index contributed by atoms with van der Waals surface area (Å²) in [7, 11) is 0. The fraction of sp³-hybridized carbons (Fsp3) is 0.235. The van der Waals surface area contributed by atoms with Crippen LogP contribution in [0, 0.1) is 25.2 Å². The summed E-state index contributed by atoms with van der Waals surface area (Å²) >= 11 is 0. The predicted molar refractivity (Wildman–Crippen MR) is 74.4 cm³/mol. The first-order valence-electron chi connectivity index (χ1n) is 6.21. The molecule has 0 amide bonds. The highest BCUT2D eigenvalue weighted by molar-refractivity contribution is 5.32. The maximum Gasteiger partial charge on any atom is 0.0753 e. The summed E-state index contributed by atoms with van der Waals surface area (Å²) in [5, 5.41) is 9.35. The van der Waals surface area contributed by atoms with Gasteiger partial charge in [-0.15, -0.1) is 0 Å². The van der Waals surface area contributed by atoms with Crippen LogP contribution in [0.3, 0.4) is 0 Å². The van der Waals surface area contributed by atoms with E-state index in [1.807, 2.05) is 12.1 Å². The molecular weight excluding hydrogens is 218 g/mol. The molecule has 0 aliphatic carbocycles. The van der Waals surface area contributed by atoms with Crippen molar-refractivity contribution in [2.75, 3.05) is 0 Å². The van der Waals surface area contributed by atoms with Gasteiger partial charge in [0.25, 0.3) is 0 Å². The highest BCUT2D eigenvalue weighted by atomic mass is 14.3. The first kappa shape index (κ1) is 12.4. The molecule has 0 fully saturated rings. The summed E-state index contributed by atoms with van der Waals surface area (Å²) in [5.41, 5.74) is 4.78. The number of rotatable bonds is 3.